The maximum atomic E-state index is 14.0. The number of ether oxygens (including phenoxy) is 1. The van der Waals surface area contributed by atoms with Gasteiger partial charge in [-0.2, -0.15) is 0 Å². The van der Waals surface area contributed by atoms with Gasteiger partial charge in [-0.05, 0) is 54.3 Å². The van der Waals surface area contributed by atoms with Gasteiger partial charge in [-0.25, -0.2) is 4.90 Å². The summed E-state index contributed by atoms with van der Waals surface area (Å²) in [6.07, 6.45) is 0. The highest BCUT2D eigenvalue weighted by molar-refractivity contribution is 6.24. The molecular formula is C28H23NO4. The minimum absolute atomic E-state index is 0.129. The zero-order chi connectivity index (χ0) is 22.9. The average molecular weight is 437 g/mol. The maximum Gasteiger partial charge on any atom is 0.238 e. The van der Waals surface area contributed by atoms with Crippen molar-refractivity contribution in [1.82, 2.24) is 0 Å². The molecule has 1 heterocycles. The van der Waals surface area contributed by atoms with Crippen LogP contribution in [-0.4, -0.2) is 24.2 Å². The minimum atomic E-state index is -0.470. The first-order chi connectivity index (χ1) is 16.0. The van der Waals surface area contributed by atoms with Crippen molar-refractivity contribution >= 4 is 23.3 Å². The number of carbonyl (C=O) groups excluding carboxylic acids is 3. The molecule has 5 heteroatoms. The van der Waals surface area contributed by atoms with E-state index >= 15 is 0 Å². The van der Waals surface area contributed by atoms with Gasteiger partial charge >= 0.3 is 0 Å². The molecule has 7 rings (SSSR count). The lowest BCUT2D eigenvalue weighted by Gasteiger charge is -2.45. The average Bonchev–Trinajstić information content (AvgIpc) is 3.10. The van der Waals surface area contributed by atoms with E-state index in [0.29, 0.717) is 23.6 Å². The van der Waals surface area contributed by atoms with Gasteiger partial charge in [0.1, 0.15) is 5.75 Å². The zero-order valence-corrected chi connectivity index (χ0v) is 18.4. The van der Waals surface area contributed by atoms with Crippen LogP contribution in [0.5, 0.6) is 5.75 Å². The molecule has 2 bridgehead atoms. The molecule has 33 heavy (non-hydrogen) atoms. The molecule has 1 saturated heterocycles. The van der Waals surface area contributed by atoms with Crippen LogP contribution in [0.25, 0.3) is 0 Å². The van der Waals surface area contributed by atoms with E-state index in [1.54, 1.807) is 18.2 Å². The van der Waals surface area contributed by atoms with Crippen molar-refractivity contribution in [2.24, 2.45) is 11.8 Å². The Morgan fingerprint density at radius 3 is 1.73 bits per heavy atom. The fourth-order valence-electron chi connectivity index (χ4n) is 6.10. The number of hydrogen-bond donors (Lipinski definition) is 0. The van der Waals surface area contributed by atoms with Crippen molar-refractivity contribution in [3.8, 4) is 5.75 Å². The molecule has 5 nitrogen and oxygen atoms in total. The predicted octanol–water partition coefficient (Wildman–Crippen LogP) is 4.68. The fourth-order valence-corrected chi connectivity index (χ4v) is 6.10. The first-order valence-corrected chi connectivity index (χ1v) is 11.4. The maximum absolute atomic E-state index is 14.0. The number of imide groups is 1. The van der Waals surface area contributed by atoms with Gasteiger partial charge in [-0.15, -0.1) is 0 Å². The predicted molar refractivity (Wildman–Crippen MR) is 124 cm³/mol. The molecule has 164 valence electrons. The Kier molecular flexibility index (Phi) is 4.31. The Hall–Kier alpha value is -3.73. The van der Waals surface area contributed by atoms with Gasteiger partial charge in [-0.1, -0.05) is 48.5 Å². The summed E-state index contributed by atoms with van der Waals surface area (Å²) < 4.78 is 5.77. The molecule has 0 saturated carbocycles. The Balaban J connectivity index is 1.54. The second-order valence-corrected chi connectivity index (χ2v) is 8.95. The topological polar surface area (TPSA) is 63.7 Å². The van der Waals surface area contributed by atoms with E-state index in [-0.39, 0.29) is 29.4 Å². The van der Waals surface area contributed by atoms with Gasteiger partial charge in [0.05, 0.1) is 24.1 Å². The van der Waals surface area contributed by atoms with Crippen molar-refractivity contribution in [2.45, 2.75) is 25.7 Å². The van der Waals surface area contributed by atoms with Crippen molar-refractivity contribution in [2.75, 3.05) is 11.5 Å². The summed E-state index contributed by atoms with van der Waals surface area (Å²) in [5.41, 5.74) is 5.34. The lowest BCUT2D eigenvalue weighted by atomic mass is 9.55. The van der Waals surface area contributed by atoms with Gasteiger partial charge in [0.25, 0.3) is 0 Å². The second-order valence-electron chi connectivity index (χ2n) is 8.95. The monoisotopic (exact) mass is 437 g/mol. The Bertz CT molecular complexity index is 1230. The first-order valence-electron chi connectivity index (χ1n) is 11.4. The molecule has 3 aromatic rings. The van der Waals surface area contributed by atoms with Gasteiger partial charge in [0.15, 0.2) is 5.78 Å². The number of Topliss-reactive ketones (excluding diaryl/α,β-unsaturated/α-hetero) is 1. The highest BCUT2D eigenvalue weighted by Crippen LogP contribution is 2.61. The summed E-state index contributed by atoms with van der Waals surface area (Å²) in [4.78, 5) is 41.3. The van der Waals surface area contributed by atoms with Crippen LogP contribution in [0, 0.1) is 11.8 Å². The van der Waals surface area contributed by atoms with Gasteiger partial charge in [0.2, 0.25) is 11.8 Å². The lowest BCUT2D eigenvalue weighted by Crippen LogP contribution is -2.41. The van der Waals surface area contributed by atoms with E-state index in [4.69, 9.17) is 4.74 Å². The summed E-state index contributed by atoms with van der Waals surface area (Å²) in [6, 6.07) is 21.3. The van der Waals surface area contributed by atoms with Crippen LogP contribution in [0.2, 0.25) is 0 Å². The van der Waals surface area contributed by atoms with E-state index in [9.17, 15) is 14.4 Å². The van der Waals surface area contributed by atoms with Gasteiger partial charge in [0, 0.05) is 17.4 Å². The molecule has 1 aliphatic heterocycles. The summed E-state index contributed by atoms with van der Waals surface area (Å²) in [6.45, 7) is 3.71. The Labute approximate surface area is 192 Å². The molecule has 3 aliphatic carbocycles. The van der Waals surface area contributed by atoms with Crippen LogP contribution in [0.3, 0.4) is 0 Å². The van der Waals surface area contributed by atoms with Crippen LogP contribution in [0.15, 0.2) is 66.7 Å². The highest BCUT2D eigenvalue weighted by Gasteiger charge is 2.62. The van der Waals surface area contributed by atoms with E-state index in [1.165, 1.54) is 11.8 Å². The standard InChI is InChI=1S/C28H23NO4/c1-3-33-22-13-12-16(15(2)30)14-21(22)29-27(31)25-23-17-8-4-5-9-18(17)24(26(25)28(29)32)20-11-7-6-10-19(20)23/h4-14,23-26H,3H2,1-2H3/t23?,24?,25-,26+. The van der Waals surface area contributed by atoms with E-state index in [1.807, 2.05) is 31.2 Å². The van der Waals surface area contributed by atoms with E-state index in [0.717, 1.165) is 22.3 Å². The number of rotatable bonds is 4. The number of ketones is 1. The SMILES string of the molecule is CCOc1ccc(C(C)=O)cc1N1C(=O)[C@@H]2C3c4ccccc4C(c4ccccc43)[C@@H]2C1=O. The number of amides is 2. The van der Waals surface area contributed by atoms with Crippen LogP contribution >= 0.6 is 0 Å². The Morgan fingerprint density at radius 1 is 0.818 bits per heavy atom. The smallest absolute Gasteiger partial charge is 0.238 e. The summed E-state index contributed by atoms with van der Waals surface area (Å²) in [5, 5.41) is 0. The van der Waals surface area contributed by atoms with Gasteiger partial charge in [-0.3, -0.25) is 14.4 Å². The molecule has 2 amide bonds. The second kappa shape index (κ2) is 7.14. The van der Waals surface area contributed by atoms with Crippen LogP contribution in [0.1, 0.15) is 58.3 Å². The van der Waals surface area contributed by atoms with Crippen molar-refractivity contribution in [3.63, 3.8) is 0 Å². The number of nitrogens with zero attached hydrogens (tertiary/aromatic N) is 1. The molecule has 3 aromatic carbocycles. The zero-order valence-electron chi connectivity index (χ0n) is 18.4. The van der Waals surface area contributed by atoms with Crippen LogP contribution < -0.4 is 9.64 Å². The molecule has 1 fully saturated rings. The van der Waals surface area contributed by atoms with E-state index < -0.39 is 11.8 Å². The molecule has 0 N–H and O–H groups in total. The minimum Gasteiger partial charge on any atom is -0.492 e. The molecule has 0 unspecified atom stereocenters. The number of carbonyl (C=O) groups is 3. The molecule has 0 aromatic heterocycles. The molecule has 0 radical (unpaired) electrons. The molecular weight excluding hydrogens is 414 g/mol. The van der Waals surface area contributed by atoms with Crippen molar-refractivity contribution in [1.29, 1.82) is 0 Å². The summed E-state index contributed by atoms with van der Waals surface area (Å²) >= 11 is 0. The molecule has 4 aliphatic rings. The third kappa shape index (κ3) is 2.62. The third-order valence-electron chi connectivity index (χ3n) is 7.35. The largest absolute Gasteiger partial charge is 0.492 e. The fraction of sp³-hybridized carbons (Fsp3) is 0.250. The normalized spacial score (nSPS) is 24.4. The molecule has 0 spiro atoms. The first kappa shape index (κ1) is 19.9. The van der Waals surface area contributed by atoms with E-state index in [2.05, 4.69) is 24.3 Å². The number of benzene rings is 3. The van der Waals surface area contributed by atoms with Crippen molar-refractivity contribution in [3.05, 3.63) is 94.5 Å². The summed E-state index contributed by atoms with van der Waals surface area (Å²) in [7, 11) is 0. The third-order valence-corrected chi connectivity index (χ3v) is 7.35. The Morgan fingerprint density at radius 2 is 1.30 bits per heavy atom. The highest BCUT2D eigenvalue weighted by atomic mass is 16.5. The van der Waals surface area contributed by atoms with Crippen LogP contribution in [-0.2, 0) is 9.59 Å². The quantitative estimate of drug-likeness (QED) is 0.439. The number of anilines is 1. The van der Waals surface area contributed by atoms with Gasteiger partial charge < -0.3 is 4.74 Å². The van der Waals surface area contributed by atoms with Crippen molar-refractivity contribution < 1.29 is 19.1 Å². The number of hydrogen-bond acceptors (Lipinski definition) is 4. The van der Waals surface area contributed by atoms with Crippen LogP contribution in [0.4, 0.5) is 5.69 Å². The lowest BCUT2D eigenvalue weighted by molar-refractivity contribution is -0.122. The summed E-state index contributed by atoms with van der Waals surface area (Å²) in [5.74, 6) is -1.40. The molecule has 2 atom stereocenters.